The highest BCUT2D eigenvalue weighted by Crippen LogP contribution is 2.23. The highest BCUT2D eigenvalue weighted by Gasteiger charge is 2.24. The van der Waals surface area contributed by atoms with E-state index in [4.69, 9.17) is 9.29 Å². The van der Waals surface area contributed by atoms with Crippen LogP contribution < -0.4 is 0 Å². The van der Waals surface area contributed by atoms with E-state index >= 15 is 0 Å². The van der Waals surface area contributed by atoms with Crippen molar-refractivity contribution in [3.05, 3.63) is 28.4 Å². The first-order valence-electron chi connectivity index (χ1n) is 5.00. The van der Waals surface area contributed by atoms with Gasteiger partial charge in [-0.1, -0.05) is 22.6 Å². The van der Waals surface area contributed by atoms with Gasteiger partial charge in [-0.25, -0.2) is 4.79 Å². The van der Waals surface area contributed by atoms with Gasteiger partial charge < -0.3 is 4.74 Å². The zero-order chi connectivity index (χ0) is 15.5. The third-order valence-corrected chi connectivity index (χ3v) is 8.68. The van der Waals surface area contributed by atoms with Gasteiger partial charge >= 0.3 is 5.97 Å². The molecule has 0 aliphatic rings. The van der Waals surface area contributed by atoms with E-state index in [1.165, 1.54) is 0 Å². The SMILES string of the molecule is O=C(OCC(CI)S(=O)(=O)O)c1cc(I)cc(I)c1I. The highest BCUT2D eigenvalue weighted by atomic mass is 127. The second-order valence-electron chi connectivity index (χ2n) is 3.64. The maximum atomic E-state index is 12.0. The number of ether oxygens (including phenoxy) is 1. The van der Waals surface area contributed by atoms with E-state index in [0.29, 0.717) is 5.56 Å². The number of esters is 1. The summed E-state index contributed by atoms with van der Waals surface area (Å²) < 4.78 is 38.8. The summed E-state index contributed by atoms with van der Waals surface area (Å²) in [6, 6.07) is 3.60. The fourth-order valence-corrected chi connectivity index (χ4v) is 5.55. The molecule has 0 fully saturated rings. The average molecular weight is 748 g/mol. The lowest BCUT2D eigenvalue weighted by atomic mass is 10.2. The standard InChI is InChI=1S/C10H8I4O5S/c11-3-6(20(16,17)18)4-19-10(15)7-1-5(12)2-8(13)9(7)14/h1-2,6H,3-4H2,(H,16,17,18). The molecule has 0 spiro atoms. The van der Waals surface area contributed by atoms with E-state index in [9.17, 15) is 13.2 Å². The minimum Gasteiger partial charge on any atom is -0.461 e. The van der Waals surface area contributed by atoms with Crippen LogP contribution in [0, 0.1) is 10.7 Å². The van der Waals surface area contributed by atoms with Crippen molar-refractivity contribution in [2.75, 3.05) is 11.0 Å². The van der Waals surface area contributed by atoms with Crippen LogP contribution in [0.25, 0.3) is 0 Å². The van der Waals surface area contributed by atoms with Gasteiger partial charge in [0, 0.05) is 15.1 Å². The molecule has 1 atom stereocenters. The van der Waals surface area contributed by atoms with Crippen LogP contribution in [0.15, 0.2) is 12.1 Å². The van der Waals surface area contributed by atoms with Gasteiger partial charge in [0.05, 0.1) is 5.56 Å². The molecule has 1 N–H and O–H groups in total. The van der Waals surface area contributed by atoms with Crippen LogP contribution >= 0.6 is 90.4 Å². The second kappa shape index (κ2) is 8.39. The summed E-state index contributed by atoms with van der Waals surface area (Å²) in [5.74, 6) is -0.593. The Morgan fingerprint density at radius 1 is 1.30 bits per heavy atom. The topological polar surface area (TPSA) is 80.7 Å². The third-order valence-electron chi connectivity index (χ3n) is 2.21. The lowest BCUT2D eigenvalue weighted by Gasteiger charge is -2.12. The number of carbonyl (C=O) groups excluding carboxylic acids is 1. The lowest BCUT2D eigenvalue weighted by molar-refractivity contribution is 0.0507. The minimum absolute atomic E-state index is 0.144. The summed E-state index contributed by atoms with van der Waals surface area (Å²) in [5, 5.41) is -1.11. The van der Waals surface area contributed by atoms with Crippen molar-refractivity contribution in [2.24, 2.45) is 0 Å². The molecule has 0 aliphatic carbocycles. The lowest BCUT2D eigenvalue weighted by Crippen LogP contribution is -2.29. The molecule has 1 unspecified atom stereocenters. The first-order chi connectivity index (χ1) is 9.16. The van der Waals surface area contributed by atoms with Gasteiger partial charge in [-0.05, 0) is 79.9 Å². The number of carbonyl (C=O) groups is 1. The van der Waals surface area contributed by atoms with E-state index in [2.05, 4.69) is 45.2 Å². The van der Waals surface area contributed by atoms with Gasteiger partial charge in [0.1, 0.15) is 11.9 Å². The number of hydrogen-bond donors (Lipinski definition) is 1. The predicted molar refractivity (Wildman–Crippen MR) is 109 cm³/mol. The molecule has 0 saturated carbocycles. The van der Waals surface area contributed by atoms with Crippen molar-refractivity contribution in [3.8, 4) is 0 Å². The largest absolute Gasteiger partial charge is 0.461 e. The van der Waals surface area contributed by atoms with Crippen LogP contribution in [0.5, 0.6) is 0 Å². The summed E-state index contributed by atoms with van der Waals surface area (Å²) in [5.41, 5.74) is 0.393. The average Bonchev–Trinajstić information content (AvgIpc) is 2.32. The zero-order valence-electron chi connectivity index (χ0n) is 9.65. The van der Waals surface area contributed by atoms with Crippen LogP contribution in [-0.2, 0) is 14.9 Å². The van der Waals surface area contributed by atoms with E-state index < -0.39 is 21.3 Å². The van der Waals surface area contributed by atoms with Crippen molar-refractivity contribution in [2.45, 2.75) is 5.25 Å². The third kappa shape index (κ3) is 5.62. The maximum absolute atomic E-state index is 12.0. The van der Waals surface area contributed by atoms with Crippen molar-refractivity contribution in [1.82, 2.24) is 0 Å². The molecule has 0 bridgehead atoms. The quantitative estimate of drug-likeness (QED) is 0.165. The van der Waals surface area contributed by atoms with Gasteiger partial charge in [-0.2, -0.15) is 8.42 Å². The van der Waals surface area contributed by atoms with E-state index in [-0.39, 0.29) is 11.0 Å². The minimum atomic E-state index is -4.21. The summed E-state index contributed by atoms with van der Waals surface area (Å²) in [4.78, 5) is 12.0. The van der Waals surface area contributed by atoms with E-state index in [1.807, 2.05) is 51.2 Å². The Labute approximate surface area is 171 Å². The van der Waals surface area contributed by atoms with Crippen LogP contribution in [0.3, 0.4) is 0 Å². The van der Waals surface area contributed by atoms with Crippen molar-refractivity contribution in [1.29, 1.82) is 0 Å². The molecule has 1 aromatic carbocycles. The molecule has 0 heterocycles. The van der Waals surface area contributed by atoms with E-state index in [0.717, 1.165) is 10.7 Å². The molecule has 0 aliphatic heterocycles. The molecule has 10 heteroatoms. The molecule has 0 radical (unpaired) electrons. The van der Waals surface area contributed by atoms with Gasteiger partial charge in [0.25, 0.3) is 10.1 Å². The van der Waals surface area contributed by atoms with Crippen molar-refractivity contribution in [3.63, 3.8) is 0 Å². The fraction of sp³-hybridized carbons (Fsp3) is 0.300. The second-order valence-corrected chi connectivity index (χ2v) is 9.70. The van der Waals surface area contributed by atoms with Crippen molar-refractivity contribution >= 4 is 106 Å². The van der Waals surface area contributed by atoms with Gasteiger partial charge in [0.15, 0.2) is 0 Å². The summed E-state index contributed by atoms with van der Waals surface area (Å²) in [6.07, 6.45) is 0. The van der Waals surface area contributed by atoms with Crippen molar-refractivity contribution < 1.29 is 22.5 Å². The molecule has 1 aromatic rings. The van der Waals surface area contributed by atoms with Gasteiger partial charge in [0.2, 0.25) is 0 Å². The molecule has 5 nitrogen and oxygen atoms in total. The molecule has 0 amide bonds. The van der Waals surface area contributed by atoms with Crippen LogP contribution in [0.1, 0.15) is 10.4 Å². The summed E-state index contributed by atoms with van der Waals surface area (Å²) >= 11 is 8.06. The zero-order valence-corrected chi connectivity index (χ0v) is 19.1. The number of halogens is 4. The van der Waals surface area contributed by atoms with Crippen LogP contribution in [-0.4, -0.2) is 35.2 Å². The Kier molecular flexibility index (Phi) is 8.21. The monoisotopic (exact) mass is 748 g/mol. The number of alkyl halides is 1. The number of hydrogen-bond acceptors (Lipinski definition) is 4. The van der Waals surface area contributed by atoms with Crippen LogP contribution in [0.4, 0.5) is 0 Å². The Morgan fingerprint density at radius 2 is 1.90 bits per heavy atom. The van der Waals surface area contributed by atoms with Crippen LogP contribution in [0.2, 0.25) is 0 Å². The Bertz CT molecular complexity index is 616. The Balaban J connectivity index is 2.88. The molecule has 20 heavy (non-hydrogen) atoms. The normalized spacial score (nSPS) is 13.1. The first-order valence-corrected chi connectivity index (χ1v) is 11.3. The van der Waals surface area contributed by atoms with Gasteiger partial charge in [-0.15, -0.1) is 0 Å². The highest BCUT2D eigenvalue weighted by molar-refractivity contribution is 14.1. The molecule has 0 saturated heterocycles. The first kappa shape index (κ1) is 19.6. The fourth-order valence-electron chi connectivity index (χ4n) is 1.16. The number of benzene rings is 1. The smallest absolute Gasteiger partial charge is 0.339 e. The summed E-state index contributed by atoms with van der Waals surface area (Å²) in [6.45, 7) is -0.362. The molecule has 1 rings (SSSR count). The number of rotatable bonds is 5. The van der Waals surface area contributed by atoms with E-state index in [1.54, 1.807) is 6.07 Å². The van der Waals surface area contributed by atoms with Gasteiger partial charge in [-0.3, -0.25) is 4.55 Å². The molecule has 112 valence electrons. The molecular formula is C10H8I4O5S. The predicted octanol–water partition coefficient (Wildman–Crippen LogP) is 3.35. The molecular weight excluding hydrogens is 740 g/mol. The maximum Gasteiger partial charge on any atom is 0.339 e. The Morgan fingerprint density at radius 3 is 2.40 bits per heavy atom. The summed E-state index contributed by atoms with van der Waals surface area (Å²) in [7, 11) is -4.21. The Hall–Kier alpha value is 1.52. The molecule has 0 aromatic heterocycles.